The van der Waals surface area contributed by atoms with Crippen LogP contribution in [0.3, 0.4) is 0 Å². The number of aliphatic imine (C=N–C) groups is 1. The summed E-state index contributed by atoms with van der Waals surface area (Å²) in [5.41, 5.74) is 10.1. The van der Waals surface area contributed by atoms with Gasteiger partial charge in [0.25, 0.3) is 0 Å². The molecule has 1 atom stereocenters. The van der Waals surface area contributed by atoms with Gasteiger partial charge in [-0.15, -0.1) is 0 Å². The van der Waals surface area contributed by atoms with Crippen molar-refractivity contribution < 1.29 is 9.84 Å². The van der Waals surface area contributed by atoms with Crippen molar-refractivity contribution in [2.24, 2.45) is 16.5 Å². The lowest BCUT2D eigenvalue weighted by molar-refractivity contribution is -0.0381. The number of nitrogens with two attached hydrogens (primary N) is 2. The van der Waals surface area contributed by atoms with Gasteiger partial charge < -0.3 is 21.3 Å². The van der Waals surface area contributed by atoms with E-state index in [-0.39, 0.29) is 18.9 Å². The molecular formula is C5H13N3O2. The second kappa shape index (κ2) is 5.01. The van der Waals surface area contributed by atoms with Crippen LogP contribution in [0.15, 0.2) is 4.99 Å². The molecular weight excluding hydrogens is 134 g/mol. The molecule has 60 valence electrons. The van der Waals surface area contributed by atoms with Crippen molar-refractivity contribution in [2.45, 2.75) is 13.0 Å². The zero-order valence-electron chi connectivity index (χ0n) is 5.95. The first-order valence-corrected chi connectivity index (χ1v) is 2.94. The van der Waals surface area contributed by atoms with E-state index in [4.69, 9.17) is 21.3 Å². The highest BCUT2D eigenvalue weighted by Crippen LogP contribution is 1.88. The van der Waals surface area contributed by atoms with Crippen molar-refractivity contribution in [3.8, 4) is 0 Å². The smallest absolute Gasteiger partial charge is 0.185 e. The van der Waals surface area contributed by atoms with Crippen molar-refractivity contribution in [1.82, 2.24) is 0 Å². The summed E-state index contributed by atoms with van der Waals surface area (Å²) in [5.74, 6) is 0.0355. The molecule has 0 bridgehead atoms. The van der Waals surface area contributed by atoms with E-state index in [0.717, 1.165) is 0 Å². The third kappa shape index (κ3) is 5.33. The van der Waals surface area contributed by atoms with Gasteiger partial charge in [-0.25, -0.2) is 0 Å². The average molecular weight is 147 g/mol. The van der Waals surface area contributed by atoms with Gasteiger partial charge in [0.1, 0.15) is 6.79 Å². The van der Waals surface area contributed by atoms with Crippen molar-refractivity contribution in [3.63, 3.8) is 0 Å². The Morgan fingerprint density at radius 3 is 2.70 bits per heavy atom. The zero-order chi connectivity index (χ0) is 7.98. The number of aliphatic hydroxyl groups is 1. The van der Waals surface area contributed by atoms with E-state index in [9.17, 15) is 0 Å². The number of ether oxygens (including phenoxy) is 1. The van der Waals surface area contributed by atoms with Crippen molar-refractivity contribution in [3.05, 3.63) is 0 Å². The minimum absolute atomic E-state index is 0.0355. The molecule has 5 nitrogen and oxygen atoms in total. The molecule has 0 aromatic carbocycles. The molecule has 0 amide bonds. The fraction of sp³-hybridized carbons (Fsp3) is 0.800. The van der Waals surface area contributed by atoms with Crippen LogP contribution in [0.2, 0.25) is 0 Å². The summed E-state index contributed by atoms with van der Waals surface area (Å²) < 4.78 is 4.73. The maximum Gasteiger partial charge on any atom is 0.185 e. The van der Waals surface area contributed by atoms with E-state index < -0.39 is 0 Å². The zero-order valence-corrected chi connectivity index (χ0v) is 5.95. The molecule has 0 aliphatic carbocycles. The summed E-state index contributed by atoms with van der Waals surface area (Å²) in [7, 11) is 0. The number of hydrogen-bond donors (Lipinski definition) is 3. The fourth-order valence-electron chi connectivity index (χ4n) is 0.414. The lowest BCUT2D eigenvalue weighted by atomic mass is 10.4. The summed E-state index contributed by atoms with van der Waals surface area (Å²) in [6.07, 6.45) is -0.146. The predicted molar refractivity (Wildman–Crippen MR) is 38.3 cm³/mol. The maximum atomic E-state index is 8.27. The van der Waals surface area contributed by atoms with Crippen LogP contribution >= 0.6 is 0 Å². The first kappa shape index (κ1) is 9.19. The lowest BCUT2D eigenvalue weighted by Gasteiger charge is -2.06. The molecule has 1 unspecified atom stereocenters. The number of guanidine groups is 1. The van der Waals surface area contributed by atoms with Gasteiger partial charge in [-0.2, -0.15) is 0 Å². The Kier molecular flexibility index (Phi) is 4.61. The van der Waals surface area contributed by atoms with Crippen LogP contribution in [0.1, 0.15) is 6.92 Å². The second-order valence-electron chi connectivity index (χ2n) is 1.87. The van der Waals surface area contributed by atoms with E-state index in [1.165, 1.54) is 0 Å². The Labute approximate surface area is 59.7 Å². The van der Waals surface area contributed by atoms with Crippen LogP contribution in [-0.4, -0.2) is 30.5 Å². The van der Waals surface area contributed by atoms with Gasteiger partial charge >= 0.3 is 0 Å². The topological polar surface area (TPSA) is 93.9 Å². The molecule has 0 saturated carbocycles. The highest BCUT2D eigenvalue weighted by molar-refractivity contribution is 5.75. The van der Waals surface area contributed by atoms with E-state index in [1.807, 2.05) is 0 Å². The van der Waals surface area contributed by atoms with Gasteiger partial charge in [0, 0.05) is 0 Å². The van der Waals surface area contributed by atoms with E-state index >= 15 is 0 Å². The summed E-state index contributed by atoms with van der Waals surface area (Å²) in [6.45, 7) is 1.84. The number of rotatable bonds is 4. The third-order valence-electron chi connectivity index (χ3n) is 0.890. The van der Waals surface area contributed by atoms with Crippen LogP contribution in [0.5, 0.6) is 0 Å². The minimum atomic E-state index is -0.304. The van der Waals surface area contributed by atoms with E-state index in [0.29, 0.717) is 6.54 Å². The van der Waals surface area contributed by atoms with Crippen molar-refractivity contribution in [1.29, 1.82) is 0 Å². The standard InChI is InChI=1S/C5H13N3O2/c1-4(10-3-9)2-8-5(6)7/h4,9H,2-3H2,1H3,(H4,6,7,8). The van der Waals surface area contributed by atoms with Crippen LogP contribution in [0.25, 0.3) is 0 Å². The first-order valence-electron chi connectivity index (χ1n) is 2.94. The molecule has 0 aromatic rings. The Bertz CT molecular complexity index is 111. The average Bonchev–Trinajstić information content (AvgIpc) is 1.85. The quantitative estimate of drug-likeness (QED) is 0.259. The largest absolute Gasteiger partial charge is 0.371 e. The number of hydrogen-bond acceptors (Lipinski definition) is 3. The van der Waals surface area contributed by atoms with Gasteiger partial charge in [-0.1, -0.05) is 0 Å². The SMILES string of the molecule is CC(CN=C(N)N)OCO. The molecule has 0 aliphatic rings. The molecule has 5 N–H and O–H groups in total. The molecule has 0 fully saturated rings. The van der Waals surface area contributed by atoms with Gasteiger partial charge in [0.05, 0.1) is 12.6 Å². The highest BCUT2D eigenvalue weighted by Gasteiger charge is 1.97. The Morgan fingerprint density at radius 2 is 2.30 bits per heavy atom. The van der Waals surface area contributed by atoms with Crippen LogP contribution in [-0.2, 0) is 4.74 Å². The van der Waals surface area contributed by atoms with Gasteiger partial charge in [-0.05, 0) is 6.92 Å². The second-order valence-corrected chi connectivity index (χ2v) is 1.87. The van der Waals surface area contributed by atoms with Crippen molar-refractivity contribution in [2.75, 3.05) is 13.3 Å². The molecule has 5 heteroatoms. The normalized spacial score (nSPS) is 12.6. The molecule has 0 heterocycles. The molecule has 0 rings (SSSR count). The Morgan fingerprint density at radius 1 is 1.70 bits per heavy atom. The van der Waals surface area contributed by atoms with Crippen LogP contribution in [0, 0.1) is 0 Å². The summed E-state index contributed by atoms with van der Waals surface area (Å²) >= 11 is 0. The van der Waals surface area contributed by atoms with Gasteiger partial charge in [-0.3, -0.25) is 4.99 Å². The fourth-order valence-corrected chi connectivity index (χ4v) is 0.414. The predicted octanol–water partition coefficient (Wildman–Crippen LogP) is -1.39. The molecule has 0 aromatic heterocycles. The minimum Gasteiger partial charge on any atom is -0.371 e. The lowest BCUT2D eigenvalue weighted by Crippen LogP contribution is -2.25. The Balaban J connectivity index is 3.38. The molecule has 10 heavy (non-hydrogen) atoms. The number of nitrogens with zero attached hydrogens (tertiary/aromatic N) is 1. The van der Waals surface area contributed by atoms with E-state index in [2.05, 4.69) is 4.99 Å². The van der Waals surface area contributed by atoms with Crippen molar-refractivity contribution >= 4 is 5.96 Å². The monoisotopic (exact) mass is 147 g/mol. The Hall–Kier alpha value is -0.810. The third-order valence-corrected chi connectivity index (χ3v) is 0.890. The molecule has 0 radical (unpaired) electrons. The van der Waals surface area contributed by atoms with Crippen LogP contribution < -0.4 is 11.5 Å². The summed E-state index contributed by atoms with van der Waals surface area (Å²) in [4.78, 5) is 3.68. The van der Waals surface area contributed by atoms with E-state index in [1.54, 1.807) is 6.92 Å². The summed E-state index contributed by atoms with van der Waals surface area (Å²) in [6, 6.07) is 0. The summed E-state index contributed by atoms with van der Waals surface area (Å²) in [5, 5.41) is 8.27. The maximum absolute atomic E-state index is 8.27. The molecule has 0 spiro atoms. The van der Waals surface area contributed by atoms with Gasteiger partial charge in [0.15, 0.2) is 5.96 Å². The highest BCUT2D eigenvalue weighted by atomic mass is 16.6. The number of aliphatic hydroxyl groups excluding tert-OH is 1. The molecule has 0 saturated heterocycles. The van der Waals surface area contributed by atoms with Crippen LogP contribution in [0.4, 0.5) is 0 Å². The van der Waals surface area contributed by atoms with Gasteiger partial charge in [0.2, 0.25) is 0 Å². The molecule has 0 aliphatic heterocycles. The first-order chi connectivity index (χ1) is 4.66.